The second-order valence-electron chi connectivity index (χ2n) is 7.95. The van der Waals surface area contributed by atoms with E-state index in [9.17, 15) is 4.39 Å². The minimum atomic E-state index is -0.350. The molecule has 8 heteroatoms. The van der Waals surface area contributed by atoms with E-state index in [2.05, 4.69) is 27.3 Å². The van der Waals surface area contributed by atoms with Gasteiger partial charge in [0.25, 0.3) is 5.89 Å². The Morgan fingerprint density at radius 2 is 1.97 bits per heavy atom. The fraction of sp³-hybridized carbons (Fsp3) is 0.320. The third-order valence-corrected chi connectivity index (χ3v) is 6.11. The van der Waals surface area contributed by atoms with Gasteiger partial charge in [0, 0.05) is 17.8 Å². The molecule has 6 nitrogen and oxygen atoms in total. The summed E-state index contributed by atoms with van der Waals surface area (Å²) in [5, 5.41) is 8.25. The Hall–Kier alpha value is -3.26. The van der Waals surface area contributed by atoms with E-state index in [1.807, 2.05) is 31.2 Å². The number of methoxy groups -OCH3 is 1. The normalized spacial score (nSPS) is 16.2. The molecule has 0 amide bonds. The lowest BCUT2D eigenvalue weighted by molar-refractivity contribution is 0.395. The summed E-state index contributed by atoms with van der Waals surface area (Å²) in [6.07, 6.45) is 3.27. The van der Waals surface area contributed by atoms with Gasteiger partial charge >= 0.3 is 0 Å². The number of unbranched alkanes of at least 4 members (excludes halogenated alkanes) is 2. The highest BCUT2D eigenvalue weighted by Crippen LogP contribution is 2.38. The van der Waals surface area contributed by atoms with Gasteiger partial charge in [-0.1, -0.05) is 49.2 Å². The summed E-state index contributed by atoms with van der Waals surface area (Å²) in [4.78, 5) is 6.71. The van der Waals surface area contributed by atoms with Crippen LogP contribution in [0.2, 0.25) is 0 Å². The first-order valence-corrected chi connectivity index (χ1v) is 11.5. The van der Waals surface area contributed by atoms with Crippen LogP contribution < -0.4 is 10.1 Å². The first-order chi connectivity index (χ1) is 16.0. The van der Waals surface area contributed by atoms with Crippen LogP contribution in [0.25, 0.3) is 17.0 Å². The van der Waals surface area contributed by atoms with Gasteiger partial charge < -0.3 is 19.5 Å². The Morgan fingerprint density at radius 1 is 1.18 bits per heavy atom. The van der Waals surface area contributed by atoms with Crippen LogP contribution >= 0.6 is 12.2 Å². The maximum atomic E-state index is 13.7. The average molecular weight is 467 g/mol. The number of rotatable bonds is 8. The lowest BCUT2D eigenvalue weighted by Gasteiger charge is -2.37. The molecule has 0 radical (unpaired) electrons. The van der Waals surface area contributed by atoms with Gasteiger partial charge in [-0.05, 0) is 55.4 Å². The Balaban J connectivity index is 1.76. The molecule has 4 rings (SSSR count). The summed E-state index contributed by atoms with van der Waals surface area (Å²) in [5.41, 5.74) is 3.36. The van der Waals surface area contributed by atoms with E-state index in [-0.39, 0.29) is 11.9 Å². The molecule has 0 saturated carbocycles. The van der Waals surface area contributed by atoms with Crippen LogP contribution in [-0.4, -0.2) is 33.8 Å². The molecular weight excluding hydrogens is 439 g/mol. The van der Waals surface area contributed by atoms with Crippen molar-refractivity contribution < 1.29 is 13.7 Å². The van der Waals surface area contributed by atoms with Gasteiger partial charge in [0.1, 0.15) is 11.6 Å². The minimum absolute atomic E-state index is 0.272. The standard InChI is InChI=1S/C25H27FN4O2S/c1-4-5-6-14-30-16(2)21(22(27-25(30)33)17-10-12-20(31-3)13-11-17)24-28-23(29-32-24)18-8-7-9-19(26)15-18/h7-13,15,22H,4-6,14H2,1-3H3,(H,27,33). The van der Waals surface area contributed by atoms with Crippen molar-refractivity contribution in [3.8, 4) is 17.1 Å². The van der Waals surface area contributed by atoms with E-state index in [1.54, 1.807) is 19.2 Å². The number of allylic oxidation sites excluding steroid dienone is 1. The number of hydrogen-bond donors (Lipinski definition) is 1. The third-order valence-electron chi connectivity index (χ3n) is 5.77. The van der Waals surface area contributed by atoms with Crippen molar-refractivity contribution in [2.75, 3.05) is 13.7 Å². The Bertz CT molecular complexity index is 1160. The van der Waals surface area contributed by atoms with Crippen molar-refractivity contribution in [1.82, 2.24) is 20.4 Å². The molecule has 1 atom stereocenters. The van der Waals surface area contributed by atoms with Crippen molar-refractivity contribution >= 4 is 22.9 Å². The number of halogens is 1. The summed E-state index contributed by atoms with van der Waals surface area (Å²) < 4.78 is 24.7. The number of aromatic nitrogens is 2. The maximum absolute atomic E-state index is 13.7. The van der Waals surface area contributed by atoms with E-state index >= 15 is 0 Å². The molecule has 2 aromatic carbocycles. The summed E-state index contributed by atoms with van der Waals surface area (Å²) in [6.45, 7) is 5.00. The third kappa shape index (κ3) is 4.90. The van der Waals surface area contributed by atoms with Gasteiger partial charge in [-0.25, -0.2) is 4.39 Å². The van der Waals surface area contributed by atoms with Crippen LogP contribution in [0.15, 0.2) is 58.8 Å². The number of ether oxygens (including phenoxy) is 1. The van der Waals surface area contributed by atoms with Gasteiger partial charge in [0.05, 0.1) is 18.7 Å². The molecule has 0 spiro atoms. The molecule has 1 aromatic heterocycles. The van der Waals surface area contributed by atoms with Crippen LogP contribution in [0.3, 0.4) is 0 Å². The highest BCUT2D eigenvalue weighted by molar-refractivity contribution is 7.80. The molecule has 0 bridgehead atoms. The second kappa shape index (κ2) is 10.1. The van der Waals surface area contributed by atoms with E-state index in [0.717, 1.165) is 48.4 Å². The van der Waals surface area contributed by atoms with Gasteiger partial charge in [0.15, 0.2) is 5.11 Å². The molecular formula is C25H27FN4O2S. The van der Waals surface area contributed by atoms with Crippen LogP contribution in [0.4, 0.5) is 4.39 Å². The van der Waals surface area contributed by atoms with Crippen molar-refractivity contribution in [3.63, 3.8) is 0 Å². The number of thiocarbonyl (C=S) groups is 1. The highest BCUT2D eigenvalue weighted by atomic mass is 32.1. The van der Waals surface area contributed by atoms with E-state index in [4.69, 9.17) is 21.5 Å². The first-order valence-electron chi connectivity index (χ1n) is 11.0. The van der Waals surface area contributed by atoms with Gasteiger partial charge in [0.2, 0.25) is 5.82 Å². The molecule has 2 heterocycles. The lowest BCUT2D eigenvalue weighted by Crippen LogP contribution is -2.46. The van der Waals surface area contributed by atoms with Gasteiger partial charge in [-0.2, -0.15) is 4.98 Å². The zero-order chi connectivity index (χ0) is 23.4. The zero-order valence-electron chi connectivity index (χ0n) is 19.0. The van der Waals surface area contributed by atoms with Crippen LogP contribution in [0, 0.1) is 5.82 Å². The molecule has 3 aromatic rings. The van der Waals surface area contributed by atoms with E-state index in [1.165, 1.54) is 12.1 Å². The average Bonchev–Trinajstić information content (AvgIpc) is 3.31. The fourth-order valence-corrected chi connectivity index (χ4v) is 4.32. The van der Waals surface area contributed by atoms with Crippen molar-refractivity contribution in [1.29, 1.82) is 0 Å². The van der Waals surface area contributed by atoms with Crippen LogP contribution in [-0.2, 0) is 0 Å². The Labute approximate surface area is 198 Å². The topological polar surface area (TPSA) is 63.4 Å². The molecule has 172 valence electrons. The second-order valence-corrected chi connectivity index (χ2v) is 8.33. The summed E-state index contributed by atoms with van der Waals surface area (Å²) in [5.74, 6) is 1.14. The monoisotopic (exact) mass is 466 g/mol. The molecule has 0 saturated heterocycles. The predicted molar refractivity (Wildman–Crippen MR) is 130 cm³/mol. The molecule has 1 aliphatic heterocycles. The van der Waals surface area contributed by atoms with E-state index < -0.39 is 0 Å². The minimum Gasteiger partial charge on any atom is -0.497 e. The highest BCUT2D eigenvalue weighted by Gasteiger charge is 2.34. The molecule has 0 fully saturated rings. The summed E-state index contributed by atoms with van der Waals surface area (Å²) in [7, 11) is 1.64. The smallest absolute Gasteiger partial charge is 0.258 e. The molecule has 1 N–H and O–H groups in total. The van der Waals surface area contributed by atoms with Crippen LogP contribution in [0.1, 0.15) is 50.6 Å². The number of benzene rings is 2. The quantitative estimate of drug-likeness (QED) is 0.336. The van der Waals surface area contributed by atoms with Crippen molar-refractivity contribution in [3.05, 3.63) is 71.5 Å². The molecule has 0 aliphatic carbocycles. The van der Waals surface area contributed by atoms with Gasteiger partial charge in [-0.15, -0.1) is 0 Å². The first kappa shape index (κ1) is 22.9. The molecule has 1 aliphatic rings. The predicted octanol–water partition coefficient (Wildman–Crippen LogP) is 5.74. The van der Waals surface area contributed by atoms with E-state index in [0.29, 0.717) is 22.4 Å². The largest absolute Gasteiger partial charge is 0.497 e. The van der Waals surface area contributed by atoms with Crippen molar-refractivity contribution in [2.24, 2.45) is 0 Å². The summed E-state index contributed by atoms with van der Waals surface area (Å²) >= 11 is 5.73. The Kier molecular flexibility index (Phi) is 7.03. The maximum Gasteiger partial charge on any atom is 0.258 e. The number of nitrogens with zero attached hydrogens (tertiary/aromatic N) is 3. The molecule has 33 heavy (non-hydrogen) atoms. The Morgan fingerprint density at radius 3 is 2.67 bits per heavy atom. The van der Waals surface area contributed by atoms with Gasteiger partial charge in [-0.3, -0.25) is 0 Å². The number of hydrogen-bond acceptors (Lipinski definition) is 5. The fourth-order valence-electron chi connectivity index (χ4n) is 3.97. The SMILES string of the molecule is CCCCCN1C(=S)NC(c2ccc(OC)cc2)C(c2nc(-c3cccc(F)c3)no2)=C1C. The summed E-state index contributed by atoms with van der Waals surface area (Å²) in [6, 6.07) is 13.7. The molecule has 1 unspecified atom stereocenters. The van der Waals surface area contributed by atoms with Crippen molar-refractivity contribution in [2.45, 2.75) is 39.2 Å². The zero-order valence-corrected chi connectivity index (χ0v) is 19.8. The lowest BCUT2D eigenvalue weighted by atomic mass is 9.94. The van der Waals surface area contributed by atoms with Crippen LogP contribution in [0.5, 0.6) is 5.75 Å². The number of nitrogens with one attached hydrogen (secondary N) is 1.